The number of hydrogen-bond donors (Lipinski definition) is 0. The second kappa shape index (κ2) is 9.98. The van der Waals surface area contributed by atoms with E-state index in [4.69, 9.17) is 4.99 Å². The van der Waals surface area contributed by atoms with Crippen molar-refractivity contribution in [2.45, 2.75) is 42.8 Å². The smallest absolute Gasteiger partial charge is 0.123 e. The highest BCUT2D eigenvalue weighted by molar-refractivity contribution is 8.15. The van der Waals surface area contributed by atoms with E-state index in [-0.39, 0.29) is 5.82 Å². The van der Waals surface area contributed by atoms with E-state index in [0.29, 0.717) is 5.25 Å². The number of rotatable bonds is 6. The average molecular weight is 386 g/mol. The zero-order valence-corrected chi connectivity index (χ0v) is 16.6. The average Bonchev–Trinajstić information content (AvgIpc) is 3.19. The molecule has 1 nitrogen and oxygen atoms in total. The van der Waals surface area contributed by atoms with Crippen LogP contribution in [0.1, 0.15) is 32.6 Å². The molecule has 1 unspecified atom stereocenters. The van der Waals surface area contributed by atoms with Crippen LogP contribution < -0.4 is 0 Å². The van der Waals surface area contributed by atoms with Crippen LogP contribution >= 0.6 is 23.5 Å². The van der Waals surface area contributed by atoms with Crippen LogP contribution in [-0.2, 0) is 0 Å². The Morgan fingerprint density at radius 2 is 1.77 bits per heavy atom. The first-order chi connectivity index (χ1) is 12.7. The standard InChI is InChI=1S/C22H24FNS2/c1-17(18-7-5-6-8-18)26-22(24-20-9-3-2-4-10-20)15-16-25-21-13-11-19(23)12-14-21/h2-4,9-18H,5-8H2,1H3/b16-15+,24-22?. The number of halogens is 1. The number of hydrogen-bond acceptors (Lipinski definition) is 3. The van der Waals surface area contributed by atoms with Gasteiger partial charge in [-0.05, 0) is 66.6 Å². The van der Waals surface area contributed by atoms with Crippen molar-refractivity contribution in [2.75, 3.05) is 0 Å². The largest absolute Gasteiger partial charge is 0.242 e. The predicted octanol–water partition coefficient (Wildman–Crippen LogP) is 7.47. The zero-order chi connectivity index (χ0) is 18.2. The van der Waals surface area contributed by atoms with Gasteiger partial charge in [-0.15, -0.1) is 11.8 Å². The molecule has 2 aromatic carbocycles. The maximum Gasteiger partial charge on any atom is 0.123 e. The SMILES string of the molecule is CC(SC(/C=C/Sc1ccc(F)cc1)=Nc1ccccc1)C1CCCC1. The lowest BCUT2D eigenvalue weighted by molar-refractivity contribution is 0.546. The van der Waals surface area contributed by atoms with Crippen LogP contribution in [0, 0.1) is 11.7 Å². The first kappa shape index (κ1) is 19.2. The summed E-state index contributed by atoms with van der Waals surface area (Å²) in [5.74, 6) is 0.588. The second-order valence-corrected chi connectivity index (χ2v) is 8.90. The molecule has 2 aromatic rings. The summed E-state index contributed by atoms with van der Waals surface area (Å²) in [4.78, 5) is 5.86. The number of aliphatic imine (C=N–C) groups is 1. The molecule has 0 amide bonds. The molecule has 0 aliphatic heterocycles. The quantitative estimate of drug-likeness (QED) is 0.290. The molecule has 0 N–H and O–H groups in total. The summed E-state index contributed by atoms with van der Waals surface area (Å²) < 4.78 is 13.0. The molecule has 0 aromatic heterocycles. The number of nitrogens with zero attached hydrogens (tertiary/aromatic N) is 1. The Morgan fingerprint density at radius 3 is 2.46 bits per heavy atom. The van der Waals surface area contributed by atoms with Crippen LogP contribution in [0.5, 0.6) is 0 Å². The van der Waals surface area contributed by atoms with E-state index in [0.717, 1.165) is 21.5 Å². The normalized spacial score (nSPS) is 17.1. The van der Waals surface area contributed by atoms with E-state index in [1.807, 2.05) is 47.5 Å². The van der Waals surface area contributed by atoms with Crippen LogP contribution in [0.2, 0.25) is 0 Å². The van der Waals surface area contributed by atoms with Gasteiger partial charge in [0.05, 0.1) is 10.7 Å². The van der Waals surface area contributed by atoms with Crippen molar-refractivity contribution in [1.82, 2.24) is 0 Å². The molecule has 1 fully saturated rings. The summed E-state index contributed by atoms with van der Waals surface area (Å²) in [5.41, 5.74) is 0.977. The lowest BCUT2D eigenvalue weighted by atomic mass is 10.1. The van der Waals surface area contributed by atoms with E-state index >= 15 is 0 Å². The van der Waals surface area contributed by atoms with E-state index in [1.165, 1.54) is 37.8 Å². The first-order valence-corrected chi connectivity index (χ1v) is 10.9. The summed E-state index contributed by atoms with van der Waals surface area (Å²) in [6, 6.07) is 16.7. The molecule has 0 spiro atoms. The van der Waals surface area contributed by atoms with Gasteiger partial charge in [-0.3, -0.25) is 0 Å². The Morgan fingerprint density at radius 1 is 1.08 bits per heavy atom. The topological polar surface area (TPSA) is 12.4 Å². The summed E-state index contributed by atoms with van der Waals surface area (Å²) in [5, 5.41) is 3.65. The van der Waals surface area contributed by atoms with Gasteiger partial charge in [-0.2, -0.15) is 0 Å². The van der Waals surface area contributed by atoms with Crippen LogP contribution in [0.15, 0.2) is 76.0 Å². The molecule has 26 heavy (non-hydrogen) atoms. The highest BCUT2D eigenvalue weighted by Crippen LogP contribution is 2.35. The van der Waals surface area contributed by atoms with E-state index in [9.17, 15) is 4.39 Å². The lowest BCUT2D eigenvalue weighted by Crippen LogP contribution is -2.11. The molecule has 4 heteroatoms. The van der Waals surface area contributed by atoms with Gasteiger partial charge in [0.25, 0.3) is 0 Å². The van der Waals surface area contributed by atoms with Gasteiger partial charge in [0, 0.05) is 10.1 Å². The molecule has 0 saturated heterocycles. The minimum absolute atomic E-state index is 0.203. The minimum atomic E-state index is -0.203. The highest BCUT2D eigenvalue weighted by atomic mass is 32.2. The van der Waals surface area contributed by atoms with Crippen LogP contribution in [0.4, 0.5) is 10.1 Å². The zero-order valence-electron chi connectivity index (χ0n) is 15.0. The van der Waals surface area contributed by atoms with E-state index in [2.05, 4.69) is 13.0 Å². The van der Waals surface area contributed by atoms with Crippen molar-refractivity contribution in [3.63, 3.8) is 0 Å². The molecule has 1 aliphatic carbocycles. The molecule has 3 rings (SSSR count). The Balaban J connectivity index is 1.70. The summed E-state index contributed by atoms with van der Waals surface area (Å²) >= 11 is 3.45. The highest BCUT2D eigenvalue weighted by Gasteiger charge is 2.22. The predicted molar refractivity (Wildman–Crippen MR) is 114 cm³/mol. The van der Waals surface area contributed by atoms with Crippen molar-refractivity contribution in [1.29, 1.82) is 0 Å². The second-order valence-electron chi connectivity index (χ2n) is 6.53. The molecule has 1 atom stereocenters. The summed E-state index contributed by atoms with van der Waals surface area (Å²) in [7, 11) is 0. The van der Waals surface area contributed by atoms with Crippen molar-refractivity contribution in [3.05, 3.63) is 71.9 Å². The van der Waals surface area contributed by atoms with Crippen LogP contribution in [0.3, 0.4) is 0 Å². The number of thioether (sulfide) groups is 2. The molecular weight excluding hydrogens is 361 g/mol. The molecule has 0 heterocycles. The van der Waals surface area contributed by atoms with Gasteiger partial charge < -0.3 is 0 Å². The third kappa shape index (κ3) is 6.03. The fraction of sp³-hybridized carbons (Fsp3) is 0.318. The molecule has 0 bridgehead atoms. The molecule has 0 radical (unpaired) electrons. The Hall–Kier alpha value is -1.52. The van der Waals surface area contributed by atoms with Crippen LogP contribution in [-0.4, -0.2) is 10.3 Å². The van der Waals surface area contributed by atoms with E-state index < -0.39 is 0 Å². The van der Waals surface area contributed by atoms with Gasteiger partial charge in [0.1, 0.15) is 5.82 Å². The summed E-state index contributed by atoms with van der Waals surface area (Å²) in [6.45, 7) is 2.32. The Kier molecular flexibility index (Phi) is 7.39. The maximum atomic E-state index is 13.0. The van der Waals surface area contributed by atoms with Gasteiger partial charge in [0.2, 0.25) is 0 Å². The fourth-order valence-corrected chi connectivity index (χ4v) is 5.01. The summed E-state index contributed by atoms with van der Waals surface area (Å²) in [6.07, 6.45) is 7.47. The molecule has 1 aliphatic rings. The van der Waals surface area contributed by atoms with Crippen molar-refractivity contribution in [3.8, 4) is 0 Å². The fourth-order valence-electron chi connectivity index (χ4n) is 3.13. The lowest BCUT2D eigenvalue weighted by Gasteiger charge is -2.18. The van der Waals surface area contributed by atoms with Gasteiger partial charge in [0.15, 0.2) is 0 Å². The van der Waals surface area contributed by atoms with Crippen molar-refractivity contribution < 1.29 is 4.39 Å². The third-order valence-electron chi connectivity index (χ3n) is 4.59. The maximum absolute atomic E-state index is 13.0. The minimum Gasteiger partial charge on any atom is -0.242 e. The van der Waals surface area contributed by atoms with Gasteiger partial charge >= 0.3 is 0 Å². The van der Waals surface area contributed by atoms with Crippen molar-refractivity contribution >= 4 is 34.3 Å². The van der Waals surface area contributed by atoms with Gasteiger partial charge in [-0.25, -0.2) is 9.38 Å². The monoisotopic (exact) mass is 385 g/mol. The number of para-hydroxylation sites is 1. The van der Waals surface area contributed by atoms with E-state index in [1.54, 1.807) is 23.9 Å². The van der Waals surface area contributed by atoms with Crippen LogP contribution in [0.25, 0.3) is 0 Å². The molecule has 1 saturated carbocycles. The van der Waals surface area contributed by atoms with Gasteiger partial charge in [-0.1, -0.05) is 49.7 Å². The first-order valence-electron chi connectivity index (χ1n) is 9.10. The Bertz CT molecular complexity index is 734. The van der Waals surface area contributed by atoms with Crippen molar-refractivity contribution in [2.24, 2.45) is 10.9 Å². The Labute approximate surface area is 164 Å². The number of benzene rings is 2. The molecule has 136 valence electrons. The molecular formula is C22H24FNS2. The third-order valence-corrected chi connectivity index (χ3v) is 6.64.